The number of hydrogen-bond donors (Lipinski definition) is 2. The van der Waals surface area contributed by atoms with E-state index >= 15 is 0 Å². The number of hydrazone groups is 1. The summed E-state index contributed by atoms with van der Waals surface area (Å²) in [5, 5.41) is 17.9. The van der Waals surface area contributed by atoms with E-state index in [0.29, 0.717) is 29.2 Å². The van der Waals surface area contributed by atoms with Crippen molar-refractivity contribution in [3.8, 4) is 11.5 Å². The zero-order chi connectivity index (χ0) is 24.1. The molecule has 0 radical (unpaired) electrons. The second-order valence-corrected chi connectivity index (χ2v) is 7.79. The lowest BCUT2D eigenvalue weighted by atomic mass is 9.93. The number of ether oxygens (including phenoxy) is 2. The molecule has 0 aromatic heterocycles. The number of hydrogen-bond acceptors (Lipinski definition) is 6. The van der Waals surface area contributed by atoms with Gasteiger partial charge in [-0.25, -0.2) is 9.80 Å². The van der Waals surface area contributed by atoms with Gasteiger partial charge in [0.15, 0.2) is 11.5 Å². The molecule has 1 aliphatic rings. The number of urea groups is 1. The number of fused-ring (bicyclic) bond motifs is 1. The van der Waals surface area contributed by atoms with Gasteiger partial charge in [-0.3, -0.25) is 4.79 Å². The van der Waals surface area contributed by atoms with Crippen LogP contribution in [0.25, 0.3) is 0 Å². The number of methoxy groups -OCH3 is 2. The summed E-state index contributed by atoms with van der Waals surface area (Å²) in [4.78, 5) is 26.6. The average molecular weight is 455 g/mol. The summed E-state index contributed by atoms with van der Waals surface area (Å²) in [6.07, 6.45) is 0.568. The van der Waals surface area contributed by atoms with Crippen molar-refractivity contribution in [1.29, 1.82) is 0 Å². The molecule has 1 atom stereocenters. The van der Waals surface area contributed by atoms with Gasteiger partial charge in [0.25, 0.3) is 5.91 Å². The molecule has 0 fully saturated rings. The first-order valence-corrected chi connectivity index (χ1v) is 10.7. The van der Waals surface area contributed by atoms with E-state index in [1.807, 2.05) is 19.1 Å². The van der Waals surface area contributed by atoms with E-state index in [1.165, 1.54) is 9.91 Å². The van der Waals surface area contributed by atoms with Gasteiger partial charge in [-0.2, -0.15) is 5.10 Å². The van der Waals surface area contributed by atoms with Gasteiger partial charge in [0.2, 0.25) is 0 Å². The Hall–Kier alpha value is -3.59. The average Bonchev–Trinajstić information content (AvgIpc) is 2.97. The topological polar surface area (TPSA) is 104 Å². The maximum atomic E-state index is 12.6. The number of carbonyl (C=O) groups is 2. The van der Waals surface area contributed by atoms with Crippen molar-refractivity contribution >= 4 is 17.6 Å². The normalized spacial score (nSPS) is 15.2. The number of aliphatic hydroxyl groups excluding tert-OH is 1. The predicted octanol–water partition coefficient (Wildman–Crippen LogP) is 2.11. The molecule has 3 rings (SSSR count). The van der Waals surface area contributed by atoms with Crippen molar-refractivity contribution in [1.82, 2.24) is 15.2 Å². The Morgan fingerprint density at radius 3 is 2.39 bits per heavy atom. The van der Waals surface area contributed by atoms with Gasteiger partial charge >= 0.3 is 6.03 Å². The van der Waals surface area contributed by atoms with E-state index in [4.69, 9.17) is 19.7 Å². The van der Waals surface area contributed by atoms with Crippen LogP contribution in [0, 0.1) is 0 Å². The molecule has 0 aliphatic carbocycles. The minimum absolute atomic E-state index is 0.104. The highest BCUT2D eigenvalue weighted by molar-refractivity contribution is 6.15. The fourth-order valence-electron chi connectivity index (χ4n) is 3.79. The first-order valence-electron chi connectivity index (χ1n) is 10.7. The number of nitrogens with zero attached hydrogens (tertiary/aromatic N) is 3. The molecule has 2 aromatic rings. The van der Waals surface area contributed by atoms with E-state index < -0.39 is 0 Å². The van der Waals surface area contributed by atoms with Crippen molar-refractivity contribution in [3.05, 3.63) is 58.7 Å². The number of carbonyl (C=O) groups excluding carboxylic acids is 2. The third-order valence-corrected chi connectivity index (χ3v) is 5.61. The lowest BCUT2D eigenvalue weighted by Gasteiger charge is -2.22. The molecule has 0 spiro atoms. The van der Waals surface area contributed by atoms with Gasteiger partial charge in [-0.1, -0.05) is 12.1 Å². The number of aliphatic hydroxyl groups is 1. The van der Waals surface area contributed by atoms with Gasteiger partial charge in [-0.15, -0.1) is 0 Å². The first kappa shape index (κ1) is 24.1. The summed E-state index contributed by atoms with van der Waals surface area (Å²) >= 11 is 0. The minimum Gasteiger partial charge on any atom is -0.493 e. The van der Waals surface area contributed by atoms with Crippen molar-refractivity contribution in [2.75, 3.05) is 41.5 Å². The molecule has 2 aromatic carbocycles. The highest BCUT2D eigenvalue weighted by Crippen LogP contribution is 2.34. The molecule has 9 nitrogen and oxygen atoms in total. The fraction of sp³-hybridized carbons (Fsp3) is 0.375. The zero-order valence-corrected chi connectivity index (χ0v) is 19.6. The van der Waals surface area contributed by atoms with Crippen molar-refractivity contribution < 1.29 is 24.2 Å². The maximum absolute atomic E-state index is 12.6. The monoisotopic (exact) mass is 454 g/mol. The van der Waals surface area contributed by atoms with E-state index in [-0.39, 0.29) is 31.1 Å². The summed E-state index contributed by atoms with van der Waals surface area (Å²) in [5.74, 6) is 0.970. The molecule has 3 amide bonds. The first-order chi connectivity index (χ1) is 15.8. The fourth-order valence-corrected chi connectivity index (χ4v) is 3.79. The molecular formula is C24H30N4O5. The number of amides is 3. The van der Waals surface area contributed by atoms with Crippen LogP contribution in [0.15, 0.2) is 41.5 Å². The van der Waals surface area contributed by atoms with Gasteiger partial charge in [0.1, 0.15) is 0 Å². The Labute approximate surface area is 193 Å². The number of nitrogens with one attached hydrogen (secondary N) is 1. The molecule has 33 heavy (non-hydrogen) atoms. The SMILES string of the molecule is CNC(=O)N1N=C(c2ccc(C(=O)N(C)CCO)cc2)c2cc(OC)c(OC)cc2CC1C. The Morgan fingerprint density at radius 2 is 1.82 bits per heavy atom. The maximum Gasteiger partial charge on any atom is 0.337 e. The molecule has 1 heterocycles. The van der Waals surface area contributed by atoms with Crippen LogP contribution in [0.5, 0.6) is 11.5 Å². The number of benzene rings is 2. The quantitative estimate of drug-likeness (QED) is 0.696. The predicted molar refractivity (Wildman–Crippen MR) is 125 cm³/mol. The van der Waals surface area contributed by atoms with E-state index in [1.54, 1.807) is 52.6 Å². The van der Waals surface area contributed by atoms with Crippen molar-refractivity contribution in [3.63, 3.8) is 0 Å². The van der Waals surface area contributed by atoms with Gasteiger partial charge in [-0.05, 0) is 43.2 Å². The highest BCUT2D eigenvalue weighted by Gasteiger charge is 2.28. The Bertz CT molecular complexity index is 1050. The number of likely N-dealkylation sites (N-methyl/N-ethyl adjacent to an activating group) is 1. The van der Waals surface area contributed by atoms with Crippen molar-refractivity contribution in [2.45, 2.75) is 19.4 Å². The summed E-state index contributed by atoms with van der Waals surface area (Å²) in [7, 11) is 6.36. The van der Waals surface area contributed by atoms with Crippen LogP contribution in [-0.2, 0) is 6.42 Å². The third-order valence-electron chi connectivity index (χ3n) is 5.61. The molecule has 176 valence electrons. The molecule has 2 N–H and O–H groups in total. The zero-order valence-electron chi connectivity index (χ0n) is 19.6. The molecule has 1 aliphatic heterocycles. The second-order valence-electron chi connectivity index (χ2n) is 7.79. The molecule has 9 heteroatoms. The van der Waals surface area contributed by atoms with E-state index in [2.05, 4.69) is 5.32 Å². The van der Waals surface area contributed by atoms with Crippen LogP contribution in [0.3, 0.4) is 0 Å². The Morgan fingerprint density at radius 1 is 1.18 bits per heavy atom. The van der Waals surface area contributed by atoms with Crippen LogP contribution in [0.4, 0.5) is 4.79 Å². The molecule has 1 unspecified atom stereocenters. The van der Waals surface area contributed by atoms with Crippen LogP contribution >= 0.6 is 0 Å². The lowest BCUT2D eigenvalue weighted by molar-refractivity contribution is 0.0767. The standard InChI is InChI=1S/C24H30N4O5/c1-15-12-18-13-20(32-4)21(33-5)14-19(18)22(26-28(15)24(31)25-2)16-6-8-17(9-7-16)23(30)27(3)10-11-29/h6-9,13-15,29H,10-12H2,1-5H3,(H,25,31). The van der Waals surface area contributed by atoms with Crippen LogP contribution in [0.2, 0.25) is 0 Å². The summed E-state index contributed by atoms with van der Waals surface area (Å²) in [6, 6.07) is 10.3. The van der Waals surface area contributed by atoms with Gasteiger partial charge in [0, 0.05) is 37.3 Å². The second kappa shape index (κ2) is 10.4. The lowest BCUT2D eigenvalue weighted by Crippen LogP contribution is -2.41. The van der Waals surface area contributed by atoms with Crippen LogP contribution in [-0.4, -0.2) is 80.2 Å². The summed E-state index contributed by atoms with van der Waals surface area (Å²) < 4.78 is 11.0. The largest absolute Gasteiger partial charge is 0.493 e. The highest BCUT2D eigenvalue weighted by atomic mass is 16.5. The molecule has 0 bridgehead atoms. The molecule has 0 saturated heterocycles. The van der Waals surface area contributed by atoms with Gasteiger partial charge < -0.3 is 24.8 Å². The Balaban J connectivity index is 2.12. The number of rotatable bonds is 6. The third kappa shape index (κ3) is 4.93. The Kier molecular flexibility index (Phi) is 7.55. The van der Waals surface area contributed by atoms with Crippen LogP contribution in [0.1, 0.15) is 34.0 Å². The molecular weight excluding hydrogens is 424 g/mol. The van der Waals surface area contributed by atoms with Gasteiger partial charge in [0.05, 0.1) is 32.6 Å². The van der Waals surface area contributed by atoms with E-state index in [0.717, 1.165) is 16.7 Å². The smallest absolute Gasteiger partial charge is 0.337 e. The molecule has 0 saturated carbocycles. The minimum atomic E-state index is -0.316. The van der Waals surface area contributed by atoms with Crippen LogP contribution < -0.4 is 14.8 Å². The van der Waals surface area contributed by atoms with E-state index in [9.17, 15) is 9.59 Å². The van der Waals surface area contributed by atoms with Crippen molar-refractivity contribution in [2.24, 2.45) is 5.10 Å². The summed E-state index contributed by atoms with van der Waals surface area (Å²) in [6.45, 7) is 2.08. The summed E-state index contributed by atoms with van der Waals surface area (Å²) in [5.41, 5.74) is 3.61.